The Bertz CT molecular complexity index is 680. The van der Waals surface area contributed by atoms with Crippen LogP contribution in [0.2, 0.25) is 0 Å². The van der Waals surface area contributed by atoms with Crippen molar-refractivity contribution in [2.75, 3.05) is 6.54 Å². The number of amides is 3. The third-order valence-corrected chi connectivity index (χ3v) is 5.03. The first-order valence-electron chi connectivity index (χ1n) is 9.98. The lowest BCUT2D eigenvalue weighted by molar-refractivity contribution is -0.150. The fraction of sp³-hybridized carbons (Fsp3) is 0.737. The van der Waals surface area contributed by atoms with E-state index in [-0.39, 0.29) is 11.8 Å². The van der Waals surface area contributed by atoms with Crippen LogP contribution in [0.1, 0.15) is 47.0 Å². The second-order valence-electron chi connectivity index (χ2n) is 8.19. The first kappa shape index (κ1) is 25.3. The normalized spacial score (nSPS) is 19.3. The molecular weight excluding hydrogens is 396 g/mol. The van der Waals surface area contributed by atoms with Crippen LogP contribution >= 0.6 is 0 Å². The third-order valence-electron chi connectivity index (χ3n) is 5.03. The molecule has 4 atom stereocenters. The van der Waals surface area contributed by atoms with Crippen molar-refractivity contribution in [2.24, 2.45) is 17.6 Å². The number of likely N-dealkylation sites (tertiary alicyclic amines) is 1. The second-order valence-corrected chi connectivity index (χ2v) is 8.19. The first-order valence-corrected chi connectivity index (χ1v) is 9.98. The lowest BCUT2D eigenvalue weighted by Gasteiger charge is -2.31. The molecule has 11 nitrogen and oxygen atoms in total. The molecule has 0 aliphatic carbocycles. The molecule has 3 amide bonds. The van der Waals surface area contributed by atoms with Gasteiger partial charge in [0.1, 0.15) is 18.1 Å². The highest BCUT2D eigenvalue weighted by molar-refractivity contribution is 5.95. The number of aliphatic carboxylic acids is 2. The highest BCUT2D eigenvalue weighted by atomic mass is 16.4. The van der Waals surface area contributed by atoms with Crippen LogP contribution in [-0.4, -0.2) is 75.5 Å². The molecule has 30 heavy (non-hydrogen) atoms. The van der Waals surface area contributed by atoms with Crippen LogP contribution < -0.4 is 16.4 Å². The van der Waals surface area contributed by atoms with Gasteiger partial charge in [-0.25, -0.2) is 4.79 Å². The van der Waals surface area contributed by atoms with Crippen LogP contribution in [0.15, 0.2) is 0 Å². The van der Waals surface area contributed by atoms with Gasteiger partial charge in [-0.1, -0.05) is 27.7 Å². The molecule has 0 aromatic carbocycles. The van der Waals surface area contributed by atoms with E-state index in [9.17, 15) is 29.1 Å². The minimum atomic E-state index is -1.32. The maximum atomic E-state index is 13.0. The van der Waals surface area contributed by atoms with Crippen LogP contribution in [-0.2, 0) is 24.0 Å². The summed E-state index contributed by atoms with van der Waals surface area (Å²) in [6, 6.07) is -4.26. The van der Waals surface area contributed by atoms with Crippen molar-refractivity contribution in [1.82, 2.24) is 15.5 Å². The fourth-order valence-electron chi connectivity index (χ4n) is 3.30. The minimum absolute atomic E-state index is 0.295. The van der Waals surface area contributed by atoms with Crippen molar-refractivity contribution < 1.29 is 34.2 Å². The van der Waals surface area contributed by atoms with E-state index in [2.05, 4.69) is 10.6 Å². The van der Waals surface area contributed by atoms with E-state index in [0.717, 1.165) is 0 Å². The van der Waals surface area contributed by atoms with E-state index in [1.54, 1.807) is 27.7 Å². The number of nitrogens with zero attached hydrogens (tertiary/aromatic N) is 1. The summed E-state index contributed by atoms with van der Waals surface area (Å²) >= 11 is 0. The highest BCUT2D eigenvalue weighted by Crippen LogP contribution is 2.20. The summed E-state index contributed by atoms with van der Waals surface area (Å²) in [5.41, 5.74) is 5.55. The predicted molar refractivity (Wildman–Crippen MR) is 106 cm³/mol. The van der Waals surface area contributed by atoms with Gasteiger partial charge in [0.2, 0.25) is 17.7 Å². The van der Waals surface area contributed by atoms with Crippen LogP contribution in [0.4, 0.5) is 0 Å². The Morgan fingerprint density at radius 1 is 0.967 bits per heavy atom. The number of hydrogen-bond donors (Lipinski definition) is 5. The number of nitrogens with one attached hydrogen (secondary N) is 2. The van der Waals surface area contributed by atoms with Crippen molar-refractivity contribution >= 4 is 29.7 Å². The van der Waals surface area contributed by atoms with Gasteiger partial charge in [0.25, 0.3) is 0 Å². The average molecular weight is 428 g/mol. The molecule has 1 aliphatic rings. The molecule has 11 heteroatoms. The van der Waals surface area contributed by atoms with E-state index in [1.807, 2.05) is 0 Å². The molecule has 1 heterocycles. The summed E-state index contributed by atoms with van der Waals surface area (Å²) < 4.78 is 0. The molecule has 0 bridgehead atoms. The molecule has 0 saturated carbocycles. The zero-order valence-electron chi connectivity index (χ0n) is 17.8. The van der Waals surface area contributed by atoms with Gasteiger partial charge in [-0.15, -0.1) is 0 Å². The number of rotatable bonds is 10. The number of nitrogens with two attached hydrogens (primary N) is 1. The van der Waals surface area contributed by atoms with Crippen molar-refractivity contribution in [2.45, 2.75) is 71.1 Å². The molecule has 1 aliphatic heterocycles. The number of hydrogen-bond acceptors (Lipinski definition) is 6. The molecule has 0 spiro atoms. The number of carboxylic acid groups (broad SMARTS) is 2. The van der Waals surface area contributed by atoms with Crippen molar-refractivity contribution in [1.29, 1.82) is 0 Å². The number of carbonyl (C=O) groups is 5. The first-order chi connectivity index (χ1) is 13.9. The molecule has 0 radical (unpaired) electrons. The van der Waals surface area contributed by atoms with Gasteiger partial charge in [-0.05, 0) is 24.7 Å². The minimum Gasteiger partial charge on any atom is -0.481 e. The zero-order chi connectivity index (χ0) is 23.2. The number of carboxylic acids is 2. The van der Waals surface area contributed by atoms with Crippen molar-refractivity contribution in [3.05, 3.63) is 0 Å². The van der Waals surface area contributed by atoms with E-state index >= 15 is 0 Å². The predicted octanol–water partition coefficient (Wildman–Crippen LogP) is -0.854. The Kier molecular flexibility index (Phi) is 9.22. The lowest BCUT2D eigenvalue weighted by atomic mass is 9.98. The van der Waals surface area contributed by atoms with Crippen molar-refractivity contribution in [3.8, 4) is 0 Å². The molecule has 0 aromatic rings. The average Bonchev–Trinajstić information content (AvgIpc) is 3.12. The van der Waals surface area contributed by atoms with Crippen LogP contribution in [0.5, 0.6) is 0 Å². The van der Waals surface area contributed by atoms with Gasteiger partial charge < -0.3 is 31.5 Å². The van der Waals surface area contributed by atoms with Crippen molar-refractivity contribution in [3.63, 3.8) is 0 Å². The molecule has 4 unspecified atom stereocenters. The fourth-order valence-corrected chi connectivity index (χ4v) is 3.30. The largest absolute Gasteiger partial charge is 0.481 e. The molecule has 0 aromatic heterocycles. The number of carbonyl (C=O) groups excluding carboxylic acids is 3. The smallest absolute Gasteiger partial charge is 0.326 e. The highest BCUT2D eigenvalue weighted by Gasteiger charge is 2.39. The van der Waals surface area contributed by atoms with Crippen LogP contribution in [0.3, 0.4) is 0 Å². The zero-order valence-corrected chi connectivity index (χ0v) is 17.8. The van der Waals surface area contributed by atoms with Gasteiger partial charge in [-0.2, -0.15) is 0 Å². The van der Waals surface area contributed by atoms with Gasteiger partial charge in [0.15, 0.2) is 0 Å². The SMILES string of the molecule is CC(C)C(NC(=O)C(N)CC(=O)O)C(=O)NC(C(=O)N1CCCC1C(=O)O)C(C)C. The quantitative estimate of drug-likeness (QED) is 0.298. The van der Waals surface area contributed by atoms with E-state index in [0.29, 0.717) is 19.4 Å². The summed E-state index contributed by atoms with van der Waals surface area (Å²) in [6.45, 7) is 7.10. The maximum absolute atomic E-state index is 13.0. The van der Waals surface area contributed by atoms with E-state index in [1.165, 1.54) is 4.90 Å². The van der Waals surface area contributed by atoms with Gasteiger partial charge in [0, 0.05) is 6.54 Å². The molecule has 1 saturated heterocycles. The molecule has 1 fully saturated rings. The summed E-state index contributed by atoms with van der Waals surface area (Å²) in [7, 11) is 0. The van der Waals surface area contributed by atoms with Gasteiger partial charge in [0.05, 0.1) is 12.5 Å². The Morgan fingerprint density at radius 2 is 1.50 bits per heavy atom. The standard InChI is InChI=1S/C19H32N4O7/c1-9(2)14(21-16(26)11(20)8-13(24)25)17(27)22-15(10(3)4)18(28)23-7-5-6-12(23)19(29)30/h9-12,14-15H,5-8,20H2,1-4H3,(H,21,26)(H,22,27)(H,24,25)(H,29,30). The summed E-state index contributed by atoms with van der Waals surface area (Å²) in [5, 5.41) is 23.2. The Balaban J connectivity index is 2.93. The Labute approximate surface area is 175 Å². The topological polar surface area (TPSA) is 179 Å². The van der Waals surface area contributed by atoms with Gasteiger partial charge in [-0.3, -0.25) is 19.2 Å². The monoisotopic (exact) mass is 428 g/mol. The Hall–Kier alpha value is -2.69. The molecular formula is C19H32N4O7. The van der Waals surface area contributed by atoms with Crippen LogP contribution in [0.25, 0.3) is 0 Å². The molecule has 170 valence electrons. The van der Waals surface area contributed by atoms with Crippen LogP contribution in [0, 0.1) is 11.8 Å². The summed E-state index contributed by atoms with van der Waals surface area (Å²) in [6.07, 6.45) is 0.330. The lowest BCUT2D eigenvalue weighted by Crippen LogP contribution is -2.59. The van der Waals surface area contributed by atoms with E-state index in [4.69, 9.17) is 10.8 Å². The molecule has 1 rings (SSSR count). The van der Waals surface area contributed by atoms with E-state index < -0.39 is 60.2 Å². The Morgan fingerprint density at radius 3 is 1.97 bits per heavy atom. The maximum Gasteiger partial charge on any atom is 0.326 e. The molecule has 6 N–H and O–H groups in total. The summed E-state index contributed by atoms with van der Waals surface area (Å²) in [4.78, 5) is 61.4. The second kappa shape index (κ2) is 10.9. The third kappa shape index (κ3) is 6.68. The summed E-state index contributed by atoms with van der Waals surface area (Å²) in [5.74, 6) is -4.92. The van der Waals surface area contributed by atoms with Gasteiger partial charge >= 0.3 is 11.9 Å².